The number of aromatic nitrogens is 2. The number of hydrogen-bond acceptors (Lipinski definition) is 8. The largest absolute Gasteiger partial charge is 0.495 e. The highest BCUT2D eigenvalue weighted by Gasteiger charge is 2.39. The molecule has 5 rings (SSSR count). The van der Waals surface area contributed by atoms with E-state index in [0.717, 1.165) is 11.1 Å². The van der Waals surface area contributed by atoms with Crippen molar-refractivity contribution in [2.75, 3.05) is 29.8 Å². The normalized spacial score (nSPS) is 13.9. The zero-order chi connectivity index (χ0) is 33.7. The number of anilines is 4. The SMILES string of the molecule is C=CC(=O)Nc1cccc(Nc2ncc3c(n2)N(Cc2cccc(CC(=O)CC)c2)C(=O)C(c2c(Cl)c(OC)cc(OC)c2Cl)C3)c1. The highest BCUT2D eigenvalue weighted by molar-refractivity contribution is 6.38. The van der Waals surface area contributed by atoms with E-state index in [1.807, 2.05) is 31.2 Å². The minimum Gasteiger partial charge on any atom is -0.495 e. The summed E-state index contributed by atoms with van der Waals surface area (Å²) in [6.45, 7) is 5.47. The van der Waals surface area contributed by atoms with Gasteiger partial charge in [-0.1, -0.05) is 67.0 Å². The van der Waals surface area contributed by atoms with Gasteiger partial charge in [-0.2, -0.15) is 4.98 Å². The van der Waals surface area contributed by atoms with Crippen LogP contribution >= 0.6 is 23.2 Å². The third-order valence-electron chi connectivity index (χ3n) is 7.74. The average Bonchev–Trinajstić information content (AvgIpc) is 3.07. The fraction of sp³-hybridized carbons (Fsp3) is 0.229. The minimum absolute atomic E-state index is 0.120. The molecule has 1 aliphatic heterocycles. The lowest BCUT2D eigenvalue weighted by molar-refractivity contribution is -0.120. The van der Waals surface area contributed by atoms with Gasteiger partial charge in [-0.15, -0.1) is 0 Å². The molecule has 1 aromatic heterocycles. The summed E-state index contributed by atoms with van der Waals surface area (Å²) in [5, 5.41) is 6.31. The maximum absolute atomic E-state index is 14.5. The Kier molecular flexibility index (Phi) is 10.4. The van der Waals surface area contributed by atoms with Crippen LogP contribution in [-0.4, -0.2) is 41.8 Å². The van der Waals surface area contributed by atoms with Crippen molar-refractivity contribution in [1.29, 1.82) is 0 Å². The smallest absolute Gasteiger partial charge is 0.247 e. The molecule has 0 aliphatic carbocycles. The molecule has 0 fully saturated rings. The quantitative estimate of drug-likeness (QED) is 0.153. The summed E-state index contributed by atoms with van der Waals surface area (Å²) < 4.78 is 11.0. The molecule has 0 radical (unpaired) electrons. The number of carbonyl (C=O) groups excluding carboxylic acids is 3. The van der Waals surface area contributed by atoms with Crippen molar-refractivity contribution in [1.82, 2.24) is 9.97 Å². The number of ketones is 1. The fourth-order valence-electron chi connectivity index (χ4n) is 5.39. The van der Waals surface area contributed by atoms with Crippen LogP contribution in [-0.2, 0) is 33.8 Å². The summed E-state index contributed by atoms with van der Waals surface area (Å²) in [7, 11) is 2.95. The molecule has 0 saturated carbocycles. The number of carbonyl (C=O) groups is 3. The second-order valence-corrected chi connectivity index (χ2v) is 11.6. The average molecular weight is 675 g/mol. The van der Waals surface area contributed by atoms with Crippen LogP contribution < -0.4 is 25.0 Å². The van der Waals surface area contributed by atoms with Crippen molar-refractivity contribution in [3.63, 3.8) is 0 Å². The molecule has 1 aliphatic rings. The second-order valence-electron chi connectivity index (χ2n) is 10.8. The Hall–Kier alpha value is -4.93. The number of rotatable bonds is 12. The molecule has 1 unspecified atom stereocenters. The summed E-state index contributed by atoms with van der Waals surface area (Å²) in [6.07, 6.45) is 3.80. The van der Waals surface area contributed by atoms with Gasteiger partial charge in [0.05, 0.1) is 36.7 Å². The molecular formula is C35H33Cl2N5O5. The van der Waals surface area contributed by atoms with Crippen molar-refractivity contribution in [2.24, 2.45) is 0 Å². The molecule has 2 amide bonds. The predicted octanol–water partition coefficient (Wildman–Crippen LogP) is 7.06. The molecule has 0 saturated heterocycles. The molecule has 0 spiro atoms. The topological polar surface area (TPSA) is 123 Å². The molecule has 12 heteroatoms. The Morgan fingerprint density at radius 1 is 1.02 bits per heavy atom. The van der Waals surface area contributed by atoms with Crippen LogP contribution in [0.5, 0.6) is 11.5 Å². The number of methoxy groups -OCH3 is 2. The van der Waals surface area contributed by atoms with Gasteiger partial charge < -0.3 is 20.1 Å². The van der Waals surface area contributed by atoms with Gasteiger partial charge in [0.1, 0.15) is 23.1 Å². The highest BCUT2D eigenvalue weighted by Crippen LogP contribution is 2.47. The Morgan fingerprint density at radius 2 is 1.70 bits per heavy atom. The fourth-order valence-corrected chi connectivity index (χ4v) is 6.16. The number of amides is 2. The van der Waals surface area contributed by atoms with Crippen LogP contribution in [0, 0.1) is 0 Å². The van der Waals surface area contributed by atoms with Gasteiger partial charge in [-0.25, -0.2) is 4.98 Å². The molecule has 2 heterocycles. The molecule has 47 heavy (non-hydrogen) atoms. The van der Waals surface area contributed by atoms with Crippen molar-refractivity contribution < 1.29 is 23.9 Å². The second kappa shape index (κ2) is 14.7. The third kappa shape index (κ3) is 7.40. The van der Waals surface area contributed by atoms with Crippen molar-refractivity contribution >= 4 is 63.9 Å². The maximum Gasteiger partial charge on any atom is 0.247 e. The Bertz CT molecular complexity index is 1840. The number of ether oxygens (including phenoxy) is 2. The Labute approximate surface area is 282 Å². The van der Waals surface area contributed by atoms with E-state index < -0.39 is 5.92 Å². The summed E-state index contributed by atoms with van der Waals surface area (Å²) in [5.74, 6) is -0.00499. The van der Waals surface area contributed by atoms with E-state index >= 15 is 0 Å². The van der Waals surface area contributed by atoms with Crippen molar-refractivity contribution in [3.05, 3.63) is 106 Å². The van der Waals surface area contributed by atoms with Crippen LogP contribution in [0.25, 0.3) is 0 Å². The minimum atomic E-state index is -0.802. The van der Waals surface area contributed by atoms with Crippen LogP contribution in [0.1, 0.15) is 41.5 Å². The van der Waals surface area contributed by atoms with Gasteiger partial charge in [0, 0.05) is 47.6 Å². The zero-order valence-electron chi connectivity index (χ0n) is 26.1. The predicted molar refractivity (Wildman–Crippen MR) is 183 cm³/mol. The van der Waals surface area contributed by atoms with E-state index in [2.05, 4.69) is 22.2 Å². The van der Waals surface area contributed by atoms with E-state index in [0.29, 0.717) is 52.7 Å². The molecule has 242 valence electrons. The van der Waals surface area contributed by atoms with Crippen LogP contribution in [0.3, 0.4) is 0 Å². The number of benzene rings is 3. The summed E-state index contributed by atoms with van der Waals surface area (Å²) in [4.78, 5) is 49.4. The van der Waals surface area contributed by atoms with Gasteiger partial charge in [0.25, 0.3) is 0 Å². The lowest BCUT2D eigenvalue weighted by atomic mass is 9.87. The van der Waals surface area contributed by atoms with Crippen LogP contribution in [0.2, 0.25) is 10.0 Å². The molecular weight excluding hydrogens is 641 g/mol. The molecule has 1 atom stereocenters. The third-order valence-corrected chi connectivity index (χ3v) is 8.52. The first kappa shape index (κ1) is 33.4. The van der Waals surface area contributed by atoms with E-state index in [-0.39, 0.29) is 46.6 Å². The van der Waals surface area contributed by atoms with Crippen molar-refractivity contribution in [2.45, 2.75) is 38.6 Å². The molecule has 4 aromatic rings. The summed E-state index contributed by atoms with van der Waals surface area (Å²) in [5.41, 5.74) is 3.92. The first-order valence-electron chi connectivity index (χ1n) is 14.8. The lowest BCUT2D eigenvalue weighted by Gasteiger charge is -2.34. The number of hydrogen-bond donors (Lipinski definition) is 2. The van der Waals surface area contributed by atoms with Crippen LogP contribution in [0.15, 0.2) is 73.4 Å². The number of fused-ring (bicyclic) bond motifs is 1. The van der Waals surface area contributed by atoms with Gasteiger partial charge in [0.15, 0.2) is 0 Å². The highest BCUT2D eigenvalue weighted by atomic mass is 35.5. The van der Waals surface area contributed by atoms with E-state index in [1.165, 1.54) is 20.3 Å². The summed E-state index contributed by atoms with van der Waals surface area (Å²) >= 11 is 13.6. The van der Waals surface area contributed by atoms with Gasteiger partial charge in [-0.05, 0) is 41.8 Å². The van der Waals surface area contributed by atoms with Gasteiger partial charge >= 0.3 is 0 Å². The number of nitrogens with one attached hydrogen (secondary N) is 2. The van der Waals surface area contributed by atoms with E-state index in [1.54, 1.807) is 41.4 Å². The number of Topliss-reactive ketones (excluding diaryl/α,β-unsaturated/α-hetero) is 1. The van der Waals surface area contributed by atoms with Crippen LogP contribution in [0.4, 0.5) is 23.1 Å². The maximum atomic E-state index is 14.5. The molecule has 0 bridgehead atoms. The monoisotopic (exact) mass is 673 g/mol. The Morgan fingerprint density at radius 3 is 2.38 bits per heavy atom. The first-order chi connectivity index (χ1) is 22.6. The number of nitrogens with zero attached hydrogens (tertiary/aromatic N) is 3. The van der Waals surface area contributed by atoms with E-state index in [4.69, 9.17) is 37.7 Å². The van der Waals surface area contributed by atoms with Gasteiger partial charge in [0.2, 0.25) is 17.8 Å². The standard InChI is InChI=1S/C35H33Cl2N5O5/c1-5-25(43)14-20-9-7-10-21(13-20)19-42-33-22(15-26(34(42)45)30-31(36)27(46-3)17-28(47-4)32(30)37)18-38-35(41-33)40-24-12-8-11-23(16-24)39-29(44)6-2/h6-13,16-18,26H,2,5,14-15,19H2,1,3-4H3,(H,39,44)(H,38,40,41). The molecule has 10 nitrogen and oxygen atoms in total. The Balaban J connectivity index is 1.56. The first-order valence-corrected chi connectivity index (χ1v) is 15.6. The molecule has 3 aromatic carbocycles. The summed E-state index contributed by atoms with van der Waals surface area (Å²) in [6, 6.07) is 16.2. The van der Waals surface area contributed by atoms with Gasteiger partial charge in [-0.3, -0.25) is 19.3 Å². The van der Waals surface area contributed by atoms with Crippen molar-refractivity contribution in [3.8, 4) is 11.5 Å². The lowest BCUT2D eigenvalue weighted by Crippen LogP contribution is -2.41. The zero-order valence-corrected chi connectivity index (χ0v) is 27.6. The van der Waals surface area contributed by atoms with E-state index in [9.17, 15) is 14.4 Å². The number of halogens is 2. The molecule has 2 N–H and O–H groups in total.